The molecule has 1 aliphatic heterocycles. The molecule has 0 bridgehead atoms. The summed E-state index contributed by atoms with van der Waals surface area (Å²) in [4.78, 5) is 0. The van der Waals surface area contributed by atoms with Crippen molar-refractivity contribution < 1.29 is 26.0 Å². The number of nitrogens with two attached hydrogens (primary N) is 1. The van der Waals surface area contributed by atoms with Crippen LogP contribution in [0.5, 0.6) is 5.75 Å². The third-order valence-electron chi connectivity index (χ3n) is 5.61. The second-order valence-electron chi connectivity index (χ2n) is 8.99. The van der Waals surface area contributed by atoms with E-state index in [1.165, 1.54) is 24.4 Å². The van der Waals surface area contributed by atoms with Gasteiger partial charge in [0.2, 0.25) is 8.32 Å². The molecule has 0 aromatic heterocycles. The molecule has 10 heteroatoms. The first kappa shape index (κ1) is 24.6. The van der Waals surface area contributed by atoms with Crippen molar-refractivity contribution in [2.24, 2.45) is 5.73 Å². The van der Waals surface area contributed by atoms with Gasteiger partial charge >= 0.3 is 16.2 Å². The van der Waals surface area contributed by atoms with Crippen molar-refractivity contribution in [2.45, 2.75) is 45.1 Å². The minimum atomic E-state index is -4.85. The molecule has 1 unspecified atom stereocenters. The first-order chi connectivity index (χ1) is 13.5. The van der Waals surface area contributed by atoms with Crippen molar-refractivity contribution in [3.8, 4) is 5.75 Å². The molecule has 1 heterocycles. The number of halogens is 3. The number of quaternary nitrogens is 1. The van der Waals surface area contributed by atoms with Crippen LogP contribution < -0.4 is 14.0 Å². The number of alkyl halides is 3. The molecule has 0 amide bonds. The molecular weight excluding hydrogens is 433 g/mol. The zero-order chi connectivity index (χ0) is 23.0. The number of benzene rings is 1. The summed E-state index contributed by atoms with van der Waals surface area (Å²) in [5, 5.41) is -0.0358. The van der Waals surface area contributed by atoms with Crippen LogP contribution in [0.25, 0.3) is 0 Å². The van der Waals surface area contributed by atoms with Crippen LogP contribution in [0.1, 0.15) is 20.8 Å². The molecule has 1 aliphatic rings. The fourth-order valence-electron chi connectivity index (χ4n) is 2.92. The standard InChI is InChI=1S/C20H30F3N2O3SSi/c1-19(2,3)30(4,5)28-18-10-8-17(9-11-18)25(12-6-7-16(13-24)14-25)29(26,27)15-20(21,22)23/h6-11,14H,12-13,15,24H2,1-5H3/q+1. The van der Waals surface area contributed by atoms with Crippen molar-refractivity contribution >= 4 is 24.0 Å². The summed E-state index contributed by atoms with van der Waals surface area (Å²) < 4.78 is 70.3. The third kappa shape index (κ3) is 5.16. The van der Waals surface area contributed by atoms with Crippen LogP contribution in [-0.2, 0) is 10.0 Å². The molecular formula is C20H30F3N2O3SSi+. The van der Waals surface area contributed by atoms with Gasteiger partial charge in [-0.05, 0) is 36.3 Å². The molecule has 1 aromatic carbocycles. The van der Waals surface area contributed by atoms with Gasteiger partial charge in [-0.2, -0.15) is 25.5 Å². The lowest BCUT2D eigenvalue weighted by Crippen LogP contribution is -2.54. The van der Waals surface area contributed by atoms with E-state index in [1.54, 1.807) is 18.2 Å². The van der Waals surface area contributed by atoms with Crippen molar-refractivity contribution in [3.05, 3.63) is 48.2 Å². The second-order valence-corrected chi connectivity index (χ2v) is 15.8. The Morgan fingerprint density at radius 1 is 1.13 bits per heavy atom. The predicted octanol–water partition coefficient (Wildman–Crippen LogP) is 4.68. The average Bonchev–Trinajstić information content (AvgIpc) is 2.59. The Bertz CT molecular complexity index is 934. The fourth-order valence-corrected chi connectivity index (χ4v) is 5.64. The third-order valence-corrected chi connectivity index (χ3v) is 12.1. The Balaban J connectivity index is 2.52. The molecule has 5 nitrogen and oxygen atoms in total. The molecule has 0 radical (unpaired) electrons. The molecule has 0 fully saturated rings. The van der Waals surface area contributed by atoms with Gasteiger partial charge in [0.1, 0.15) is 18.5 Å². The Morgan fingerprint density at radius 2 is 1.70 bits per heavy atom. The number of hydrogen-bond donors (Lipinski definition) is 1. The van der Waals surface area contributed by atoms with E-state index >= 15 is 0 Å². The molecule has 0 saturated heterocycles. The van der Waals surface area contributed by atoms with Crippen molar-refractivity contribution in [2.75, 3.05) is 18.8 Å². The van der Waals surface area contributed by atoms with E-state index in [9.17, 15) is 21.6 Å². The van der Waals surface area contributed by atoms with Gasteiger partial charge in [0, 0.05) is 24.3 Å². The minimum Gasteiger partial charge on any atom is -0.543 e. The van der Waals surface area contributed by atoms with Crippen LogP contribution in [0.15, 0.2) is 48.2 Å². The number of sulfonamides is 1. The highest BCUT2D eigenvalue weighted by atomic mass is 32.2. The molecule has 30 heavy (non-hydrogen) atoms. The molecule has 2 N–H and O–H groups in total. The zero-order valence-electron chi connectivity index (χ0n) is 18.0. The van der Waals surface area contributed by atoms with Crippen LogP contribution in [0.3, 0.4) is 0 Å². The summed E-state index contributed by atoms with van der Waals surface area (Å²) in [5.41, 5.74) is 6.30. The minimum absolute atomic E-state index is 0.0185. The van der Waals surface area contributed by atoms with E-state index in [1.807, 2.05) is 0 Å². The van der Waals surface area contributed by atoms with Crippen molar-refractivity contribution in [3.63, 3.8) is 0 Å². The normalized spacial score (nSPS) is 20.8. The van der Waals surface area contributed by atoms with E-state index in [4.69, 9.17) is 10.2 Å². The molecule has 1 aromatic rings. The lowest BCUT2D eigenvalue weighted by atomic mass is 10.2. The van der Waals surface area contributed by atoms with Gasteiger partial charge in [-0.15, -0.1) is 0 Å². The second kappa shape index (κ2) is 8.14. The van der Waals surface area contributed by atoms with Gasteiger partial charge in [-0.1, -0.05) is 26.8 Å². The highest BCUT2D eigenvalue weighted by Crippen LogP contribution is 2.39. The Morgan fingerprint density at radius 3 is 2.17 bits per heavy atom. The topological polar surface area (TPSA) is 69.4 Å². The summed E-state index contributed by atoms with van der Waals surface area (Å²) >= 11 is 0. The van der Waals surface area contributed by atoms with Gasteiger partial charge in [0.15, 0.2) is 11.4 Å². The number of hydrogen-bond acceptors (Lipinski definition) is 4. The zero-order valence-corrected chi connectivity index (χ0v) is 19.8. The highest BCUT2D eigenvalue weighted by Gasteiger charge is 2.50. The van der Waals surface area contributed by atoms with Gasteiger partial charge < -0.3 is 10.2 Å². The van der Waals surface area contributed by atoms with E-state index in [0.717, 1.165) is 0 Å². The van der Waals surface area contributed by atoms with Crippen molar-refractivity contribution in [1.82, 2.24) is 3.89 Å². The molecule has 0 aliphatic carbocycles. The summed E-state index contributed by atoms with van der Waals surface area (Å²) in [6.07, 6.45) is -0.386. The van der Waals surface area contributed by atoms with Crippen LogP contribution in [-0.4, -0.2) is 41.8 Å². The van der Waals surface area contributed by atoms with Crippen LogP contribution in [0.2, 0.25) is 18.1 Å². The molecule has 0 saturated carbocycles. The summed E-state index contributed by atoms with van der Waals surface area (Å²) in [5.74, 6) is -1.36. The first-order valence-electron chi connectivity index (χ1n) is 9.58. The first-order valence-corrected chi connectivity index (χ1v) is 14.1. The van der Waals surface area contributed by atoms with E-state index < -0.39 is 34.2 Å². The largest absolute Gasteiger partial charge is 0.543 e. The lowest BCUT2D eigenvalue weighted by Gasteiger charge is -2.37. The van der Waals surface area contributed by atoms with E-state index in [-0.39, 0.29) is 23.8 Å². The quantitative estimate of drug-likeness (QED) is 0.491. The monoisotopic (exact) mass is 463 g/mol. The highest BCUT2D eigenvalue weighted by molar-refractivity contribution is 7.91. The maximum Gasteiger partial charge on any atom is 0.408 e. The number of rotatable bonds is 6. The van der Waals surface area contributed by atoms with Gasteiger partial charge in [0.25, 0.3) is 0 Å². The molecule has 2 rings (SSSR count). The Labute approximate surface area is 177 Å². The smallest absolute Gasteiger partial charge is 0.408 e. The van der Waals surface area contributed by atoms with Gasteiger partial charge in [-0.3, -0.25) is 0 Å². The van der Waals surface area contributed by atoms with Crippen LogP contribution in [0.4, 0.5) is 18.9 Å². The average molecular weight is 464 g/mol. The summed E-state index contributed by atoms with van der Waals surface area (Å²) in [7, 11) is -6.79. The van der Waals surface area contributed by atoms with Crippen LogP contribution >= 0.6 is 0 Å². The Kier molecular flexibility index (Phi) is 6.69. The lowest BCUT2D eigenvalue weighted by molar-refractivity contribution is -0.106. The Hall–Kier alpha value is -1.62. The van der Waals surface area contributed by atoms with Gasteiger partial charge in [-0.25, -0.2) is 0 Å². The van der Waals surface area contributed by atoms with E-state index in [0.29, 0.717) is 11.3 Å². The predicted molar refractivity (Wildman–Crippen MR) is 117 cm³/mol. The van der Waals surface area contributed by atoms with E-state index in [2.05, 4.69) is 33.9 Å². The maximum atomic E-state index is 13.1. The fraction of sp³-hybridized carbons (Fsp3) is 0.500. The molecule has 168 valence electrons. The van der Waals surface area contributed by atoms with Crippen LogP contribution in [0, 0.1) is 0 Å². The van der Waals surface area contributed by atoms with Crippen molar-refractivity contribution in [1.29, 1.82) is 0 Å². The van der Waals surface area contributed by atoms with Gasteiger partial charge in [0.05, 0.1) is 0 Å². The summed E-state index contributed by atoms with van der Waals surface area (Å²) in [6.45, 7) is 10.3. The maximum absolute atomic E-state index is 13.1. The molecule has 0 spiro atoms. The number of nitrogens with zero attached hydrogens (tertiary/aromatic N) is 1. The SMILES string of the molecule is CC(C)(C)[Si](C)(C)Oc1ccc([N+]2(S(=O)(=O)CC(F)(F)F)C=C(CN)C=CC2)cc1. The molecule has 1 atom stereocenters. The summed E-state index contributed by atoms with van der Waals surface area (Å²) in [6, 6.07) is 6.26.